The van der Waals surface area contributed by atoms with Gasteiger partial charge >= 0.3 is 0 Å². The van der Waals surface area contributed by atoms with Crippen LogP contribution in [-0.4, -0.2) is 43.9 Å². The number of benzene rings is 1. The second kappa shape index (κ2) is 6.15. The van der Waals surface area contributed by atoms with E-state index in [-0.39, 0.29) is 5.82 Å². The molecule has 1 atom stereocenters. The molecule has 0 N–H and O–H groups in total. The topological polar surface area (TPSA) is 23.6 Å². The molecule has 3 nitrogen and oxygen atoms in total. The predicted molar refractivity (Wildman–Crippen MR) is 75.3 cm³/mol. The van der Waals surface area contributed by atoms with Gasteiger partial charge in [-0.3, -0.25) is 9.69 Å². The average Bonchev–Trinajstić information content (AvgIpc) is 2.85. The van der Waals surface area contributed by atoms with Crippen LogP contribution in [0, 0.1) is 5.82 Å². The number of hydrogen-bond acceptors (Lipinski definition) is 3. The second-order valence-electron chi connectivity index (χ2n) is 5.13. The lowest BCUT2D eigenvalue weighted by Crippen LogP contribution is -2.39. The number of likely N-dealkylation sites (tertiary alicyclic amines) is 1. The molecule has 0 saturated carbocycles. The molecule has 1 aromatic carbocycles. The fourth-order valence-electron chi connectivity index (χ4n) is 2.90. The van der Waals surface area contributed by atoms with Gasteiger partial charge in [0.1, 0.15) is 5.82 Å². The van der Waals surface area contributed by atoms with Gasteiger partial charge in [0.2, 0.25) is 0 Å². The predicted octanol–water partition coefficient (Wildman–Crippen LogP) is 2.56. The van der Waals surface area contributed by atoms with Crippen LogP contribution in [0.3, 0.4) is 0 Å². The highest BCUT2D eigenvalue weighted by Crippen LogP contribution is 2.23. The Morgan fingerprint density at radius 2 is 2.32 bits per heavy atom. The molecule has 1 aliphatic heterocycles. The molecule has 1 aromatic rings. The van der Waals surface area contributed by atoms with Crippen LogP contribution in [0.5, 0.6) is 0 Å². The Kier molecular flexibility index (Phi) is 4.53. The van der Waals surface area contributed by atoms with Gasteiger partial charge in [0.15, 0.2) is 6.29 Å². The van der Waals surface area contributed by atoms with E-state index in [9.17, 15) is 9.18 Å². The largest absolute Gasteiger partial charge is 0.372 e. The highest BCUT2D eigenvalue weighted by Gasteiger charge is 2.24. The number of likely N-dealkylation sites (N-methyl/N-ethyl adjacent to an activating group) is 2. The summed E-state index contributed by atoms with van der Waals surface area (Å²) in [7, 11) is 1.96. The zero-order chi connectivity index (χ0) is 13.8. The molecular weight excluding hydrogens is 243 g/mol. The van der Waals surface area contributed by atoms with Crippen LogP contribution in [0.4, 0.5) is 10.1 Å². The van der Waals surface area contributed by atoms with Crippen molar-refractivity contribution in [2.24, 2.45) is 0 Å². The number of carbonyl (C=O) groups is 1. The van der Waals surface area contributed by atoms with E-state index >= 15 is 0 Å². The first kappa shape index (κ1) is 14.0. The minimum absolute atomic E-state index is 0.365. The van der Waals surface area contributed by atoms with Gasteiger partial charge in [0.05, 0.1) is 0 Å². The molecule has 4 heteroatoms. The Hall–Kier alpha value is -1.42. The van der Waals surface area contributed by atoms with E-state index in [1.54, 1.807) is 6.07 Å². The summed E-state index contributed by atoms with van der Waals surface area (Å²) in [6.45, 7) is 5.26. The Labute approximate surface area is 114 Å². The molecule has 0 spiro atoms. The summed E-state index contributed by atoms with van der Waals surface area (Å²) in [5, 5.41) is 0. The lowest BCUT2D eigenvalue weighted by atomic mass is 10.1. The minimum Gasteiger partial charge on any atom is -0.372 e. The maximum atomic E-state index is 13.1. The number of carbonyl (C=O) groups excluding carboxylic acids is 1. The molecule has 2 rings (SSSR count). The molecule has 1 saturated heterocycles. The van der Waals surface area contributed by atoms with Crippen LogP contribution in [-0.2, 0) is 0 Å². The van der Waals surface area contributed by atoms with Gasteiger partial charge in [-0.05, 0) is 44.1 Å². The first-order valence-electron chi connectivity index (χ1n) is 6.85. The highest BCUT2D eigenvalue weighted by atomic mass is 19.1. The number of anilines is 1. The van der Waals surface area contributed by atoms with Gasteiger partial charge in [-0.2, -0.15) is 0 Å². The Bertz CT molecular complexity index is 450. The van der Waals surface area contributed by atoms with Crippen molar-refractivity contribution in [3.63, 3.8) is 0 Å². The molecule has 0 aromatic heterocycles. The van der Waals surface area contributed by atoms with Crippen molar-refractivity contribution in [2.75, 3.05) is 31.6 Å². The standard InChI is InChI=1S/C15H21FN2O/c1-3-18-8-4-5-14(18)10-17(2)15-7-6-13(16)9-12(15)11-19/h6-7,9,11,14H,3-5,8,10H2,1-2H3. The molecule has 1 heterocycles. The van der Waals surface area contributed by atoms with E-state index in [4.69, 9.17) is 0 Å². The fourth-order valence-corrected chi connectivity index (χ4v) is 2.90. The number of rotatable bonds is 5. The number of hydrogen-bond donors (Lipinski definition) is 0. The molecule has 1 fully saturated rings. The van der Waals surface area contributed by atoms with Crippen molar-refractivity contribution in [1.29, 1.82) is 0 Å². The summed E-state index contributed by atoms with van der Waals surface area (Å²) in [6.07, 6.45) is 3.15. The zero-order valence-electron chi connectivity index (χ0n) is 11.6. The van der Waals surface area contributed by atoms with Crippen molar-refractivity contribution < 1.29 is 9.18 Å². The summed E-state index contributed by atoms with van der Waals surface area (Å²) >= 11 is 0. The van der Waals surface area contributed by atoms with Crippen molar-refractivity contribution >= 4 is 12.0 Å². The van der Waals surface area contributed by atoms with Crippen molar-refractivity contribution in [3.05, 3.63) is 29.6 Å². The lowest BCUT2D eigenvalue weighted by molar-refractivity contribution is 0.112. The van der Waals surface area contributed by atoms with Crippen molar-refractivity contribution in [1.82, 2.24) is 4.90 Å². The number of nitrogens with zero attached hydrogens (tertiary/aromatic N) is 2. The first-order chi connectivity index (χ1) is 9.15. The molecule has 0 radical (unpaired) electrons. The number of aldehydes is 1. The Morgan fingerprint density at radius 1 is 1.53 bits per heavy atom. The molecule has 104 valence electrons. The third-order valence-corrected chi connectivity index (χ3v) is 3.92. The van der Waals surface area contributed by atoms with E-state index in [1.807, 2.05) is 7.05 Å². The van der Waals surface area contributed by atoms with E-state index in [0.29, 0.717) is 11.6 Å². The Balaban J connectivity index is 2.11. The fraction of sp³-hybridized carbons (Fsp3) is 0.533. The maximum absolute atomic E-state index is 13.1. The van der Waals surface area contributed by atoms with Gasteiger partial charge in [0, 0.05) is 30.9 Å². The van der Waals surface area contributed by atoms with Crippen molar-refractivity contribution in [3.8, 4) is 0 Å². The van der Waals surface area contributed by atoms with Gasteiger partial charge in [-0.25, -0.2) is 4.39 Å². The zero-order valence-corrected chi connectivity index (χ0v) is 11.6. The number of halogens is 1. The average molecular weight is 264 g/mol. The summed E-state index contributed by atoms with van der Waals surface area (Å²) in [5.41, 5.74) is 1.22. The van der Waals surface area contributed by atoms with E-state index in [1.165, 1.54) is 25.0 Å². The van der Waals surface area contributed by atoms with E-state index < -0.39 is 0 Å². The van der Waals surface area contributed by atoms with Gasteiger partial charge in [0.25, 0.3) is 0 Å². The first-order valence-corrected chi connectivity index (χ1v) is 6.85. The van der Waals surface area contributed by atoms with Crippen LogP contribution in [0.2, 0.25) is 0 Å². The van der Waals surface area contributed by atoms with Gasteiger partial charge in [-0.15, -0.1) is 0 Å². The quantitative estimate of drug-likeness (QED) is 0.764. The van der Waals surface area contributed by atoms with Crippen molar-refractivity contribution in [2.45, 2.75) is 25.8 Å². The maximum Gasteiger partial charge on any atom is 0.152 e. The molecule has 1 aliphatic rings. The SMILES string of the molecule is CCN1CCCC1CN(C)c1ccc(F)cc1C=O. The third kappa shape index (κ3) is 3.13. The molecule has 0 aliphatic carbocycles. The van der Waals surface area contributed by atoms with Crippen LogP contribution in [0.15, 0.2) is 18.2 Å². The van der Waals surface area contributed by atoms with Crippen LogP contribution in [0.1, 0.15) is 30.1 Å². The van der Waals surface area contributed by atoms with Crippen LogP contribution < -0.4 is 4.90 Å². The highest BCUT2D eigenvalue weighted by molar-refractivity contribution is 5.84. The third-order valence-electron chi connectivity index (χ3n) is 3.92. The normalized spacial score (nSPS) is 19.6. The monoisotopic (exact) mass is 264 g/mol. The molecule has 0 bridgehead atoms. The molecule has 19 heavy (non-hydrogen) atoms. The van der Waals surface area contributed by atoms with Crippen LogP contribution in [0.25, 0.3) is 0 Å². The minimum atomic E-state index is -0.365. The van der Waals surface area contributed by atoms with Gasteiger partial charge < -0.3 is 4.90 Å². The van der Waals surface area contributed by atoms with Gasteiger partial charge in [-0.1, -0.05) is 6.92 Å². The smallest absolute Gasteiger partial charge is 0.152 e. The summed E-state index contributed by atoms with van der Waals surface area (Å²) in [6, 6.07) is 4.92. The second-order valence-corrected chi connectivity index (χ2v) is 5.13. The van der Waals surface area contributed by atoms with Crippen LogP contribution >= 0.6 is 0 Å². The van der Waals surface area contributed by atoms with E-state index in [0.717, 1.165) is 31.6 Å². The summed E-state index contributed by atoms with van der Waals surface area (Å²) in [4.78, 5) is 15.6. The Morgan fingerprint density at radius 3 is 3.00 bits per heavy atom. The lowest BCUT2D eigenvalue weighted by Gasteiger charge is -2.29. The molecule has 0 amide bonds. The summed E-state index contributed by atoms with van der Waals surface area (Å²) < 4.78 is 13.1. The summed E-state index contributed by atoms with van der Waals surface area (Å²) in [5.74, 6) is -0.365. The molecule has 1 unspecified atom stereocenters. The van der Waals surface area contributed by atoms with E-state index in [2.05, 4.69) is 16.7 Å². The molecular formula is C15H21FN2O.